The highest BCUT2D eigenvalue weighted by Crippen LogP contribution is 2.22. The lowest BCUT2D eigenvalue weighted by Gasteiger charge is -2.33. The highest BCUT2D eigenvalue weighted by Gasteiger charge is 2.21. The summed E-state index contributed by atoms with van der Waals surface area (Å²) in [5.74, 6) is 1.50. The van der Waals surface area contributed by atoms with E-state index in [1.54, 1.807) is 6.20 Å². The molecule has 1 N–H and O–H groups in total. The number of anilines is 1. The van der Waals surface area contributed by atoms with Crippen molar-refractivity contribution in [3.8, 4) is 0 Å². The van der Waals surface area contributed by atoms with Crippen LogP contribution in [0, 0.1) is 6.92 Å². The minimum absolute atomic E-state index is 0.394. The molecule has 112 valence electrons. The van der Waals surface area contributed by atoms with Crippen molar-refractivity contribution in [3.05, 3.63) is 39.4 Å². The number of rotatable bonds is 4. The van der Waals surface area contributed by atoms with E-state index < -0.39 is 0 Å². The Morgan fingerprint density at radius 2 is 2.43 bits per heavy atom. The number of nitrogens with one attached hydrogen (secondary N) is 1. The summed E-state index contributed by atoms with van der Waals surface area (Å²) >= 11 is 7.99. The van der Waals surface area contributed by atoms with E-state index in [1.165, 1.54) is 11.3 Å². The van der Waals surface area contributed by atoms with Gasteiger partial charge in [0.15, 0.2) is 0 Å². The second-order valence-electron chi connectivity index (χ2n) is 5.41. The van der Waals surface area contributed by atoms with Crippen molar-refractivity contribution in [2.24, 2.45) is 0 Å². The molecular weight excluding hydrogens is 304 g/mol. The number of aromatic nitrogens is 2. The van der Waals surface area contributed by atoms with Crippen molar-refractivity contribution in [3.63, 3.8) is 0 Å². The number of hydrogen-bond donors (Lipinski definition) is 1. The summed E-state index contributed by atoms with van der Waals surface area (Å²) in [5.41, 5.74) is 0. The van der Waals surface area contributed by atoms with Crippen molar-refractivity contribution in [1.82, 2.24) is 14.9 Å². The number of aryl methyl sites for hydroxylation is 1. The van der Waals surface area contributed by atoms with Gasteiger partial charge in [-0.2, -0.15) is 0 Å². The third kappa shape index (κ3) is 3.93. The SMILES string of the molecule is Cc1ncc(Cl)c(NC2CCCN(Cc3cccs3)C2)n1. The van der Waals surface area contributed by atoms with Crippen LogP contribution >= 0.6 is 22.9 Å². The van der Waals surface area contributed by atoms with Crippen molar-refractivity contribution in [2.75, 3.05) is 18.4 Å². The molecule has 2 aromatic rings. The van der Waals surface area contributed by atoms with Gasteiger partial charge in [-0.3, -0.25) is 4.90 Å². The van der Waals surface area contributed by atoms with Crippen LogP contribution in [-0.4, -0.2) is 34.0 Å². The van der Waals surface area contributed by atoms with Crippen LogP contribution in [-0.2, 0) is 6.54 Å². The fourth-order valence-electron chi connectivity index (χ4n) is 2.69. The maximum absolute atomic E-state index is 6.17. The molecule has 6 heteroatoms. The molecule has 0 bridgehead atoms. The topological polar surface area (TPSA) is 41.1 Å². The Hall–Kier alpha value is -1.17. The van der Waals surface area contributed by atoms with E-state index in [-0.39, 0.29) is 0 Å². The fourth-order valence-corrected chi connectivity index (χ4v) is 3.58. The Kier molecular flexibility index (Phi) is 4.73. The van der Waals surface area contributed by atoms with Crippen LogP contribution in [0.3, 0.4) is 0 Å². The van der Waals surface area contributed by atoms with Gasteiger partial charge in [0.1, 0.15) is 16.7 Å². The predicted molar refractivity (Wildman–Crippen MR) is 88.0 cm³/mol. The van der Waals surface area contributed by atoms with Gasteiger partial charge in [0.25, 0.3) is 0 Å². The molecule has 0 aliphatic carbocycles. The average Bonchev–Trinajstić information content (AvgIpc) is 2.96. The number of nitrogens with zero attached hydrogens (tertiary/aromatic N) is 3. The van der Waals surface area contributed by atoms with Gasteiger partial charge in [0.05, 0.1) is 6.20 Å². The van der Waals surface area contributed by atoms with E-state index in [0.29, 0.717) is 11.1 Å². The molecule has 4 nitrogen and oxygen atoms in total. The molecular formula is C15H19ClN4S. The first-order valence-corrected chi connectivity index (χ1v) is 8.47. The van der Waals surface area contributed by atoms with Gasteiger partial charge in [-0.1, -0.05) is 17.7 Å². The number of halogens is 1. The molecule has 1 atom stereocenters. The Bertz CT molecular complexity index is 587. The van der Waals surface area contributed by atoms with Crippen molar-refractivity contribution >= 4 is 28.8 Å². The van der Waals surface area contributed by atoms with E-state index in [0.717, 1.165) is 37.7 Å². The Morgan fingerprint density at radius 1 is 1.52 bits per heavy atom. The molecule has 0 saturated carbocycles. The number of piperidine rings is 1. The molecule has 1 unspecified atom stereocenters. The van der Waals surface area contributed by atoms with Crippen LogP contribution in [0.5, 0.6) is 0 Å². The van der Waals surface area contributed by atoms with Gasteiger partial charge >= 0.3 is 0 Å². The third-order valence-electron chi connectivity index (χ3n) is 3.67. The van der Waals surface area contributed by atoms with Crippen LogP contribution in [0.1, 0.15) is 23.5 Å². The molecule has 0 aromatic carbocycles. The Morgan fingerprint density at radius 3 is 3.24 bits per heavy atom. The lowest BCUT2D eigenvalue weighted by molar-refractivity contribution is 0.210. The fraction of sp³-hybridized carbons (Fsp3) is 0.467. The van der Waals surface area contributed by atoms with Gasteiger partial charge in [-0.15, -0.1) is 11.3 Å². The van der Waals surface area contributed by atoms with E-state index in [2.05, 4.69) is 37.7 Å². The van der Waals surface area contributed by atoms with Crippen LogP contribution < -0.4 is 5.32 Å². The van der Waals surface area contributed by atoms with Crippen molar-refractivity contribution < 1.29 is 0 Å². The first kappa shape index (κ1) is 14.8. The predicted octanol–water partition coefficient (Wildman–Crippen LogP) is 3.58. The number of thiophene rings is 1. The highest BCUT2D eigenvalue weighted by atomic mass is 35.5. The van der Waals surface area contributed by atoms with Gasteiger partial charge in [-0.05, 0) is 37.8 Å². The van der Waals surface area contributed by atoms with E-state index in [9.17, 15) is 0 Å². The molecule has 21 heavy (non-hydrogen) atoms. The highest BCUT2D eigenvalue weighted by molar-refractivity contribution is 7.09. The molecule has 3 rings (SSSR count). The molecule has 1 aliphatic heterocycles. The lowest BCUT2D eigenvalue weighted by Crippen LogP contribution is -2.41. The zero-order valence-corrected chi connectivity index (χ0v) is 13.6. The zero-order valence-electron chi connectivity index (χ0n) is 12.1. The summed E-state index contributed by atoms with van der Waals surface area (Å²) in [6.45, 7) is 5.10. The van der Waals surface area contributed by atoms with E-state index in [1.807, 2.05) is 18.3 Å². The molecule has 1 saturated heterocycles. The summed E-state index contributed by atoms with van der Waals surface area (Å²) in [6, 6.07) is 4.71. The second kappa shape index (κ2) is 6.73. The molecule has 1 aliphatic rings. The molecule has 0 amide bonds. The van der Waals surface area contributed by atoms with Gasteiger partial charge in [0, 0.05) is 24.0 Å². The normalized spacial score (nSPS) is 19.6. The van der Waals surface area contributed by atoms with Crippen molar-refractivity contribution in [2.45, 2.75) is 32.4 Å². The summed E-state index contributed by atoms with van der Waals surface area (Å²) in [4.78, 5) is 12.4. The van der Waals surface area contributed by atoms with Gasteiger partial charge in [0.2, 0.25) is 0 Å². The van der Waals surface area contributed by atoms with Gasteiger partial charge in [-0.25, -0.2) is 9.97 Å². The zero-order chi connectivity index (χ0) is 14.7. The monoisotopic (exact) mass is 322 g/mol. The lowest BCUT2D eigenvalue weighted by atomic mass is 10.1. The maximum Gasteiger partial charge on any atom is 0.148 e. The van der Waals surface area contributed by atoms with Crippen LogP contribution in [0.25, 0.3) is 0 Å². The van der Waals surface area contributed by atoms with E-state index >= 15 is 0 Å². The third-order valence-corrected chi connectivity index (χ3v) is 4.81. The summed E-state index contributed by atoms with van der Waals surface area (Å²) in [7, 11) is 0. The van der Waals surface area contributed by atoms with Crippen LogP contribution in [0.15, 0.2) is 23.7 Å². The standard InChI is InChI=1S/C15H19ClN4S/c1-11-17-8-14(16)15(18-11)19-12-4-2-6-20(9-12)10-13-5-3-7-21-13/h3,5,7-8,12H,2,4,6,9-10H2,1H3,(H,17,18,19). The summed E-state index contributed by atoms with van der Waals surface area (Å²) in [5, 5.41) is 6.21. The second-order valence-corrected chi connectivity index (χ2v) is 6.85. The largest absolute Gasteiger partial charge is 0.365 e. The van der Waals surface area contributed by atoms with E-state index in [4.69, 9.17) is 11.6 Å². The summed E-state index contributed by atoms with van der Waals surface area (Å²) < 4.78 is 0. The van der Waals surface area contributed by atoms with Crippen LogP contribution in [0.2, 0.25) is 5.02 Å². The Balaban J connectivity index is 1.62. The quantitative estimate of drug-likeness (QED) is 0.934. The molecule has 0 radical (unpaired) electrons. The molecule has 1 fully saturated rings. The van der Waals surface area contributed by atoms with Gasteiger partial charge < -0.3 is 5.32 Å². The summed E-state index contributed by atoms with van der Waals surface area (Å²) in [6.07, 6.45) is 4.02. The first-order chi connectivity index (χ1) is 10.2. The number of hydrogen-bond acceptors (Lipinski definition) is 5. The minimum Gasteiger partial charge on any atom is -0.365 e. The molecule has 2 aromatic heterocycles. The smallest absolute Gasteiger partial charge is 0.148 e. The first-order valence-electron chi connectivity index (χ1n) is 7.21. The maximum atomic E-state index is 6.17. The Labute approximate surface area is 134 Å². The number of likely N-dealkylation sites (tertiary alicyclic amines) is 1. The molecule has 3 heterocycles. The van der Waals surface area contributed by atoms with Crippen molar-refractivity contribution in [1.29, 1.82) is 0 Å². The molecule has 0 spiro atoms. The minimum atomic E-state index is 0.394. The van der Waals surface area contributed by atoms with Crippen LogP contribution in [0.4, 0.5) is 5.82 Å². The average molecular weight is 323 g/mol.